The second kappa shape index (κ2) is 11.3. The van der Waals surface area contributed by atoms with Crippen molar-refractivity contribution in [2.24, 2.45) is 0 Å². The van der Waals surface area contributed by atoms with Crippen LogP contribution in [0.1, 0.15) is 47.1 Å². The van der Waals surface area contributed by atoms with Gasteiger partial charge in [0.25, 0.3) is 11.8 Å². The number of benzene rings is 3. The molecule has 0 fully saturated rings. The number of carbonyl (C=O) groups excluding carboxylic acids is 4. The fourth-order valence-electron chi connectivity index (χ4n) is 3.70. The Morgan fingerprint density at radius 1 is 0.895 bits per heavy atom. The lowest BCUT2D eigenvalue weighted by atomic mass is 10.1. The molecule has 0 saturated heterocycles. The SMILES string of the molecule is CCc1cccc(OC(=O)c2ccc(NC3=C(Cl)C(=O)N(c4ccc(C(=O)OC(C)C)cc4)C3=O)cc2)c1. The number of carbonyl (C=O) groups is 4. The molecule has 1 heterocycles. The van der Waals surface area contributed by atoms with Gasteiger partial charge in [0.15, 0.2) is 0 Å². The lowest BCUT2D eigenvalue weighted by molar-refractivity contribution is -0.120. The summed E-state index contributed by atoms with van der Waals surface area (Å²) in [4.78, 5) is 51.3. The monoisotopic (exact) mass is 532 g/mol. The van der Waals surface area contributed by atoms with Crippen molar-refractivity contribution in [3.05, 3.63) is 100 Å². The molecule has 194 valence electrons. The smallest absolute Gasteiger partial charge is 0.343 e. The van der Waals surface area contributed by atoms with Crippen molar-refractivity contribution >= 4 is 46.7 Å². The van der Waals surface area contributed by atoms with Crippen LogP contribution in [0.5, 0.6) is 5.75 Å². The second-order valence-electron chi connectivity index (χ2n) is 8.73. The van der Waals surface area contributed by atoms with Gasteiger partial charge in [-0.15, -0.1) is 0 Å². The van der Waals surface area contributed by atoms with E-state index >= 15 is 0 Å². The molecule has 4 rings (SSSR count). The van der Waals surface area contributed by atoms with E-state index in [2.05, 4.69) is 5.32 Å². The first kappa shape index (κ1) is 26.6. The van der Waals surface area contributed by atoms with E-state index in [9.17, 15) is 19.2 Å². The predicted octanol–water partition coefficient (Wildman–Crippen LogP) is 5.47. The first-order valence-corrected chi connectivity index (χ1v) is 12.3. The van der Waals surface area contributed by atoms with Crippen molar-refractivity contribution in [3.8, 4) is 5.75 Å². The first-order valence-electron chi connectivity index (χ1n) is 12.0. The largest absolute Gasteiger partial charge is 0.459 e. The molecule has 1 aliphatic heterocycles. The molecule has 0 aliphatic carbocycles. The molecule has 0 atom stereocenters. The van der Waals surface area contributed by atoms with E-state index in [1.54, 1.807) is 32.0 Å². The summed E-state index contributed by atoms with van der Waals surface area (Å²) in [6.45, 7) is 5.49. The quantitative estimate of drug-likeness (QED) is 0.233. The number of nitrogens with zero attached hydrogens (tertiary/aromatic N) is 1. The maximum absolute atomic E-state index is 13.1. The van der Waals surface area contributed by atoms with Gasteiger partial charge in [0.1, 0.15) is 16.5 Å². The van der Waals surface area contributed by atoms with Crippen molar-refractivity contribution in [1.82, 2.24) is 0 Å². The average Bonchev–Trinajstić information content (AvgIpc) is 3.11. The highest BCUT2D eigenvalue weighted by atomic mass is 35.5. The first-order chi connectivity index (χ1) is 18.2. The molecule has 1 aliphatic rings. The Morgan fingerprint density at radius 2 is 1.53 bits per heavy atom. The van der Waals surface area contributed by atoms with Crippen LogP contribution >= 0.6 is 11.6 Å². The van der Waals surface area contributed by atoms with Gasteiger partial charge in [-0.05, 0) is 86.5 Å². The van der Waals surface area contributed by atoms with Crippen LogP contribution in [0.2, 0.25) is 0 Å². The summed E-state index contributed by atoms with van der Waals surface area (Å²) in [5.74, 6) is -1.94. The van der Waals surface area contributed by atoms with Crippen molar-refractivity contribution in [2.45, 2.75) is 33.3 Å². The molecule has 1 N–H and O–H groups in total. The Kier molecular flexibility index (Phi) is 7.93. The van der Waals surface area contributed by atoms with E-state index in [4.69, 9.17) is 21.1 Å². The van der Waals surface area contributed by atoms with Crippen LogP contribution in [0.4, 0.5) is 11.4 Å². The van der Waals surface area contributed by atoms with Crippen LogP contribution in [0, 0.1) is 0 Å². The second-order valence-corrected chi connectivity index (χ2v) is 9.11. The Hall–Kier alpha value is -4.43. The zero-order valence-electron chi connectivity index (χ0n) is 21.0. The van der Waals surface area contributed by atoms with Crippen molar-refractivity contribution < 1.29 is 28.7 Å². The van der Waals surface area contributed by atoms with E-state index in [-0.39, 0.29) is 28.1 Å². The number of amides is 2. The molecular weight excluding hydrogens is 508 g/mol. The van der Waals surface area contributed by atoms with Crippen molar-refractivity contribution in [1.29, 1.82) is 0 Å². The van der Waals surface area contributed by atoms with Crippen LogP contribution in [0.25, 0.3) is 0 Å². The Bertz CT molecular complexity index is 1430. The van der Waals surface area contributed by atoms with Crippen LogP contribution in [0.15, 0.2) is 83.5 Å². The van der Waals surface area contributed by atoms with Gasteiger partial charge in [-0.25, -0.2) is 14.5 Å². The lowest BCUT2D eigenvalue weighted by Crippen LogP contribution is -2.32. The maximum Gasteiger partial charge on any atom is 0.343 e. The highest BCUT2D eigenvalue weighted by molar-refractivity contribution is 6.53. The summed E-state index contributed by atoms with van der Waals surface area (Å²) in [6.07, 6.45) is 0.541. The summed E-state index contributed by atoms with van der Waals surface area (Å²) in [5, 5.41) is 2.58. The molecular formula is C29H25ClN2O6. The molecule has 0 aromatic heterocycles. The van der Waals surface area contributed by atoms with Crippen LogP contribution in [0.3, 0.4) is 0 Å². The topological polar surface area (TPSA) is 102 Å². The van der Waals surface area contributed by atoms with Crippen molar-refractivity contribution in [3.63, 3.8) is 0 Å². The van der Waals surface area contributed by atoms with Gasteiger partial charge < -0.3 is 14.8 Å². The number of ether oxygens (including phenoxy) is 2. The Balaban J connectivity index is 1.44. The van der Waals surface area contributed by atoms with E-state index in [1.165, 1.54) is 36.4 Å². The zero-order valence-corrected chi connectivity index (χ0v) is 21.7. The summed E-state index contributed by atoms with van der Waals surface area (Å²) >= 11 is 6.21. The third-order valence-corrected chi connectivity index (χ3v) is 5.99. The molecule has 0 unspecified atom stereocenters. The number of halogens is 1. The van der Waals surface area contributed by atoms with E-state index < -0.39 is 23.8 Å². The summed E-state index contributed by atoms with van der Waals surface area (Å²) in [5.41, 5.74) is 2.24. The molecule has 0 bridgehead atoms. The number of aryl methyl sites for hydroxylation is 1. The van der Waals surface area contributed by atoms with Crippen molar-refractivity contribution in [2.75, 3.05) is 10.2 Å². The standard InChI is InChI=1S/C29H25ClN2O6/c1-4-18-6-5-7-23(16-18)38-29(36)19-8-12-21(13-9-19)31-25-24(30)26(33)32(27(25)34)22-14-10-20(11-15-22)28(35)37-17(2)3/h5-17,31H,4H2,1-3H3. The fourth-order valence-corrected chi connectivity index (χ4v) is 3.92. The fraction of sp³-hybridized carbons (Fsp3) is 0.172. The third kappa shape index (κ3) is 5.76. The Labute approximate surface area is 224 Å². The molecule has 0 saturated carbocycles. The molecule has 8 nitrogen and oxygen atoms in total. The minimum absolute atomic E-state index is 0.105. The van der Waals surface area contributed by atoms with Gasteiger partial charge >= 0.3 is 11.9 Å². The molecule has 9 heteroatoms. The molecule has 3 aromatic rings. The molecule has 0 spiro atoms. The average molecular weight is 533 g/mol. The van der Waals surface area contributed by atoms with Crippen LogP contribution in [-0.4, -0.2) is 29.9 Å². The third-order valence-electron chi connectivity index (χ3n) is 5.64. The van der Waals surface area contributed by atoms with Gasteiger partial charge in [0.2, 0.25) is 0 Å². The summed E-state index contributed by atoms with van der Waals surface area (Å²) < 4.78 is 10.6. The number of rotatable bonds is 8. The van der Waals surface area contributed by atoms with Gasteiger partial charge in [0.05, 0.1) is 22.9 Å². The minimum Gasteiger partial charge on any atom is -0.459 e. The zero-order chi connectivity index (χ0) is 27.4. The van der Waals surface area contributed by atoms with E-state index in [0.717, 1.165) is 16.9 Å². The lowest BCUT2D eigenvalue weighted by Gasteiger charge is -2.16. The predicted molar refractivity (Wildman–Crippen MR) is 143 cm³/mol. The molecule has 38 heavy (non-hydrogen) atoms. The minimum atomic E-state index is -0.703. The van der Waals surface area contributed by atoms with Crippen LogP contribution in [-0.2, 0) is 20.7 Å². The van der Waals surface area contributed by atoms with E-state index in [0.29, 0.717) is 17.0 Å². The number of hydrogen-bond acceptors (Lipinski definition) is 7. The van der Waals surface area contributed by atoms with E-state index in [1.807, 2.05) is 25.1 Å². The highest BCUT2D eigenvalue weighted by Crippen LogP contribution is 2.30. The normalized spacial score (nSPS) is 13.2. The number of anilines is 2. The Morgan fingerprint density at radius 3 is 2.16 bits per heavy atom. The maximum atomic E-state index is 13.1. The van der Waals surface area contributed by atoms with Gasteiger partial charge in [-0.2, -0.15) is 0 Å². The number of imide groups is 1. The number of esters is 2. The van der Waals surface area contributed by atoms with Gasteiger partial charge in [0, 0.05) is 5.69 Å². The molecule has 2 amide bonds. The summed E-state index contributed by atoms with van der Waals surface area (Å²) in [6, 6.07) is 19.4. The summed E-state index contributed by atoms with van der Waals surface area (Å²) in [7, 11) is 0. The van der Waals surface area contributed by atoms with Gasteiger partial charge in [-0.3, -0.25) is 9.59 Å². The number of nitrogens with one attached hydrogen (secondary N) is 1. The molecule has 0 radical (unpaired) electrons. The van der Waals surface area contributed by atoms with Gasteiger partial charge in [-0.1, -0.05) is 30.7 Å². The number of hydrogen-bond donors (Lipinski definition) is 1. The molecule has 3 aromatic carbocycles. The van der Waals surface area contributed by atoms with Crippen LogP contribution < -0.4 is 15.0 Å². The highest BCUT2D eigenvalue weighted by Gasteiger charge is 2.39.